The third-order valence-corrected chi connectivity index (χ3v) is 6.65. The quantitative estimate of drug-likeness (QED) is 0.352. The largest absolute Gasteiger partial charge is 0.489 e. The highest BCUT2D eigenvalue weighted by atomic mass is 19.4. The van der Waals surface area contributed by atoms with Gasteiger partial charge in [0.15, 0.2) is 11.5 Å². The van der Waals surface area contributed by atoms with E-state index in [9.17, 15) is 13.2 Å². The van der Waals surface area contributed by atoms with Crippen molar-refractivity contribution in [1.82, 2.24) is 24.5 Å². The van der Waals surface area contributed by atoms with Crippen LogP contribution in [0, 0.1) is 0 Å². The number of rotatable bonds is 6. The molecular weight excluding hydrogens is 471 g/mol. The number of alkyl halides is 3. The van der Waals surface area contributed by atoms with Crippen LogP contribution in [0.1, 0.15) is 38.8 Å². The molecular formula is C26H28F3N5O2. The van der Waals surface area contributed by atoms with Crippen molar-refractivity contribution in [1.29, 1.82) is 0 Å². The topological polar surface area (TPSA) is 64.8 Å². The van der Waals surface area contributed by atoms with E-state index in [0.29, 0.717) is 34.9 Å². The summed E-state index contributed by atoms with van der Waals surface area (Å²) in [4.78, 5) is 6.18. The molecule has 0 aliphatic carbocycles. The number of fused-ring (bicyclic) bond motifs is 2. The predicted octanol–water partition coefficient (Wildman–Crippen LogP) is 5.45. The van der Waals surface area contributed by atoms with E-state index in [0.717, 1.165) is 5.39 Å². The summed E-state index contributed by atoms with van der Waals surface area (Å²) >= 11 is 0. The Morgan fingerprint density at radius 3 is 2.56 bits per heavy atom. The van der Waals surface area contributed by atoms with Gasteiger partial charge in [-0.3, -0.25) is 9.30 Å². The Hall–Kier alpha value is -3.24. The molecule has 1 fully saturated rings. The summed E-state index contributed by atoms with van der Waals surface area (Å²) in [5.41, 5.74) is 1.08. The van der Waals surface area contributed by atoms with Gasteiger partial charge in [0.25, 0.3) is 0 Å². The first-order valence-corrected chi connectivity index (χ1v) is 11.9. The fourth-order valence-electron chi connectivity index (χ4n) is 4.80. The van der Waals surface area contributed by atoms with Gasteiger partial charge in [0.1, 0.15) is 23.0 Å². The number of pyridine rings is 2. The zero-order valence-electron chi connectivity index (χ0n) is 20.6. The van der Waals surface area contributed by atoms with Crippen LogP contribution in [0.4, 0.5) is 13.2 Å². The van der Waals surface area contributed by atoms with Crippen LogP contribution in [0.5, 0.6) is 5.75 Å². The lowest BCUT2D eigenvalue weighted by Gasteiger charge is -2.31. The molecule has 2 atom stereocenters. The average molecular weight is 500 g/mol. The number of likely N-dealkylation sites (tertiary alicyclic amines) is 1. The third kappa shape index (κ3) is 4.51. The van der Waals surface area contributed by atoms with Crippen LogP contribution in [0.15, 0.2) is 48.7 Å². The fourth-order valence-corrected chi connectivity index (χ4v) is 4.80. The summed E-state index contributed by atoms with van der Waals surface area (Å²) in [6.45, 7) is 6.17. The molecule has 4 heterocycles. The van der Waals surface area contributed by atoms with Gasteiger partial charge in [0.2, 0.25) is 0 Å². The standard InChI is InChI=1S/C26H28F3N5O2/c1-16(2)36-20-7-5-6-17-8-10-19(30-22(17)20)24-32-31-21-11-9-18(14-34(21)24)23(26(27,28)29)33-13-12-25(3,15-33)35-4/h5-11,14,16,23H,12-13,15H2,1-4H3. The van der Waals surface area contributed by atoms with Crippen LogP contribution in [0.2, 0.25) is 0 Å². The Balaban J connectivity index is 1.58. The van der Waals surface area contributed by atoms with Gasteiger partial charge < -0.3 is 9.47 Å². The van der Waals surface area contributed by atoms with Gasteiger partial charge in [0, 0.05) is 31.8 Å². The summed E-state index contributed by atoms with van der Waals surface area (Å²) in [7, 11) is 1.54. The molecule has 1 aliphatic heterocycles. The van der Waals surface area contributed by atoms with E-state index in [1.165, 1.54) is 24.3 Å². The highest BCUT2D eigenvalue weighted by Gasteiger charge is 2.49. The molecule has 0 amide bonds. The lowest BCUT2D eigenvalue weighted by atomic mass is 10.1. The van der Waals surface area contributed by atoms with Crippen molar-refractivity contribution in [3.05, 3.63) is 54.2 Å². The molecule has 0 radical (unpaired) electrons. The minimum absolute atomic E-state index is 0.0395. The molecule has 0 bridgehead atoms. The Morgan fingerprint density at radius 2 is 1.86 bits per heavy atom. The molecule has 190 valence electrons. The first kappa shape index (κ1) is 24.5. The summed E-state index contributed by atoms with van der Waals surface area (Å²) in [5, 5.41) is 9.31. The van der Waals surface area contributed by atoms with Crippen molar-refractivity contribution in [3.8, 4) is 17.3 Å². The summed E-state index contributed by atoms with van der Waals surface area (Å²) in [6.07, 6.45) is -2.51. The van der Waals surface area contributed by atoms with Crippen molar-refractivity contribution >= 4 is 16.6 Å². The molecule has 1 saturated heterocycles. The van der Waals surface area contributed by atoms with E-state index in [4.69, 9.17) is 14.5 Å². The molecule has 7 nitrogen and oxygen atoms in total. The number of benzene rings is 1. The molecule has 4 aromatic rings. The van der Waals surface area contributed by atoms with Crippen LogP contribution in [-0.4, -0.2) is 62.6 Å². The molecule has 2 unspecified atom stereocenters. The number of ether oxygens (including phenoxy) is 2. The maximum Gasteiger partial charge on any atom is 0.408 e. The van der Waals surface area contributed by atoms with Crippen LogP contribution in [0.25, 0.3) is 28.1 Å². The van der Waals surface area contributed by atoms with E-state index in [1.54, 1.807) is 16.5 Å². The van der Waals surface area contributed by atoms with Crippen LogP contribution >= 0.6 is 0 Å². The minimum atomic E-state index is -4.47. The number of halogens is 3. The Kier molecular flexibility index (Phi) is 6.12. The average Bonchev–Trinajstić information content (AvgIpc) is 3.42. The first-order chi connectivity index (χ1) is 17.1. The first-order valence-electron chi connectivity index (χ1n) is 11.9. The molecule has 36 heavy (non-hydrogen) atoms. The van der Waals surface area contributed by atoms with E-state index < -0.39 is 17.8 Å². The van der Waals surface area contributed by atoms with Crippen LogP contribution in [0.3, 0.4) is 0 Å². The lowest BCUT2D eigenvalue weighted by Crippen LogP contribution is -2.40. The molecule has 3 aromatic heterocycles. The highest BCUT2D eigenvalue weighted by Crippen LogP contribution is 2.42. The fraction of sp³-hybridized carbons (Fsp3) is 0.423. The third-order valence-electron chi connectivity index (χ3n) is 6.65. The summed E-state index contributed by atoms with van der Waals surface area (Å²) in [6, 6.07) is 10.6. The van der Waals surface area contributed by atoms with Crippen molar-refractivity contribution in [3.63, 3.8) is 0 Å². The number of hydrogen-bond donors (Lipinski definition) is 0. The zero-order chi connectivity index (χ0) is 25.7. The predicted molar refractivity (Wildman–Crippen MR) is 130 cm³/mol. The summed E-state index contributed by atoms with van der Waals surface area (Å²) < 4.78 is 56.0. The van der Waals surface area contributed by atoms with Gasteiger partial charge >= 0.3 is 6.18 Å². The SMILES string of the molecule is COC1(C)CCN(C(c2ccc3nnc(-c4ccc5cccc(OC(C)C)c5n4)n3c2)C(F)(F)F)C1. The number of aromatic nitrogens is 4. The molecule has 10 heteroatoms. The van der Waals surface area contributed by atoms with Crippen molar-refractivity contribution in [2.45, 2.75) is 51.1 Å². The van der Waals surface area contributed by atoms with Crippen molar-refractivity contribution in [2.75, 3.05) is 20.2 Å². The number of para-hydroxylation sites is 1. The maximum atomic E-state index is 14.3. The lowest BCUT2D eigenvalue weighted by molar-refractivity contribution is -0.185. The second-order valence-corrected chi connectivity index (χ2v) is 9.72. The molecule has 0 saturated carbocycles. The maximum absolute atomic E-state index is 14.3. The van der Waals surface area contributed by atoms with E-state index in [-0.39, 0.29) is 24.8 Å². The van der Waals surface area contributed by atoms with E-state index in [1.807, 2.05) is 45.0 Å². The van der Waals surface area contributed by atoms with Gasteiger partial charge in [-0.05, 0) is 51.0 Å². The Labute approximate surface area is 206 Å². The molecule has 5 rings (SSSR count). The van der Waals surface area contributed by atoms with Gasteiger partial charge in [0.05, 0.1) is 11.7 Å². The van der Waals surface area contributed by atoms with E-state index in [2.05, 4.69) is 10.2 Å². The van der Waals surface area contributed by atoms with Gasteiger partial charge in [-0.2, -0.15) is 13.2 Å². The van der Waals surface area contributed by atoms with Crippen molar-refractivity contribution < 1.29 is 22.6 Å². The Bertz CT molecular complexity index is 1400. The molecule has 1 aliphatic rings. The molecule has 0 spiro atoms. The molecule has 1 aromatic carbocycles. The second-order valence-electron chi connectivity index (χ2n) is 9.72. The second kappa shape index (κ2) is 9.01. The minimum Gasteiger partial charge on any atom is -0.489 e. The molecule has 0 N–H and O–H groups in total. The Morgan fingerprint density at radius 1 is 1.06 bits per heavy atom. The van der Waals surface area contributed by atoms with Crippen LogP contribution < -0.4 is 4.74 Å². The highest BCUT2D eigenvalue weighted by molar-refractivity contribution is 5.86. The smallest absolute Gasteiger partial charge is 0.408 e. The van der Waals surface area contributed by atoms with E-state index >= 15 is 0 Å². The van der Waals surface area contributed by atoms with Gasteiger partial charge in [-0.25, -0.2) is 4.98 Å². The number of methoxy groups -OCH3 is 1. The summed E-state index contributed by atoms with van der Waals surface area (Å²) in [5.74, 6) is 0.989. The zero-order valence-corrected chi connectivity index (χ0v) is 20.6. The normalized spacial score (nSPS) is 20.0. The van der Waals surface area contributed by atoms with Crippen molar-refractivity contribution in [2.24, 2.45) is 0 Å². The van der Waals surface area contributed by atoms with Gasteiger partial charge in [-0.1, -0.05) is 24.3 Å². The number of nitrogens with zero attached hydrogens (tertiary/aromatic N) is 5. The van der Waals surface area contributed by atoms with Gasteiger partial charge in [-0.15, -0.1) is 10.2 Å². The van der Waals surface area contributed by atoms with Crippen LogP contribution in [-0.2, 0) is 4.74 Å². The monoisotopic (exact) mass is 499 g/mol. The number of hydrogen-bond acceptors (Lipinski definition) is 6.